The van der Waals surface area contributed by atoms with Crippen molar-refractivity contribution in [3.63, 3.8) is 0 Å². The number of piperidine rings is 1. The summed E-state index contributed by atoms with van der Waals surface area (Å²) in [5, 5.41) is 6.08. The largest absolute Gasteiger partial charge is 0.497 e. The molecule has 1 aliphatic rings. The van der Waals surface area contributed by atoms with Crippen molar-refractivity contribution in [2.24, 2.45) is 0 Å². The van der Waals surface area contributed by atoms with E-state index in [1.54, 1.807) is 7.11 Å². The summed E-state index contributed by atoms with van der Waals surface area (Å²) in [6.07, 6.45) is 3.53. The van der Waals surface area contributed by atoms with Crippen molar-refractivity contribution >= 4 is 29.2 Å². The number of anilines is 4. The minimum Gasteiger partial charge on any atom is -0.497 e. The van der Waals surface area contributed by atoms with Crippen molar-refractivity contribution in [3.05, 3.63) is 59.9 Å². The molecule has 2 heterocycles. The Labute approximate surface area is 199 Å². The lowest BCUT2D eigenvalue weighted by atomic mass is 10.1. The van der Waals surface area contributed by atoms with Crippen LogP contribution in [0, 0.1) is 6.92 Å². The molecule has 1 fully saturated rings. The lowest BCUT2D eigenvalue weighted by Gasteiger charge is -2.32. The van der Waals surface area contributed by atoms with Gasteiger partial charge in [-0.15, -0.1) is 0 Å². The molecule has 1 aliphatic heterocycles. The molecule has 0 spiro atoms. The Balaban J connectivity index is 1.32. The third-order valence-corrected chi connectivity index (χ3v) is 5.82. The molecule has 9 heteroatoms. The van der Waals surface area contributed by atoms with Crippen molar-refractivity contribution in [2.75, 3.05) is 35.7 Å². The smallest absolute Gasteiger partial charge is 0.232 e. The highest BCUT2D eigenvalue weighted by atomic mass is 16.5. The molecular weight excluding hydrogens is 432 g/mol. The molecule has 0 aliphatic carbocycles. The summed E-state index contributed by atoms with van der Waals surface area (Å²) in [5.41, 5.74) is 3.63. The molecule has 34 heavy (non-hydrogen) atoms. The third-order valence-electron chi connectivity index (χ3n) is 5.82. The van der Waals surface area contributed by atoms with Gasteiger partial charge in [0.05, 0.1) is 19.8 Å². The highest BCUT2D eigenvalue weighted by Gasteiger charge is 2.22. The van der Waals surface area contributed by atoms with Crippen LogP contribution in [0.25, 0.3) is 0 Å². The van der Waals surface area contributed by atoms with Crippen LogP contribution in [-0.2, 0) is 16.1 Å². The van der Waals surface area contributed by atoms with Gasteiger partial charge in [-0.3, -0.25) is 4.79 Å². The molecule has 0 unspecified atom stereocenters. The summed E-state index contributed by atoms with van der Waals surface area (Å²) < 4.78 is 11.3. The molecule has 9 nitrogen and oxygen atoms in total. The normalized spacial score (nSPS) is 14.0. The standard InChI is InChI=1S/C25H30N6O3/c1-17-22(28-18(2)32)5-4-6-23(17)29-24-26-16-27-25(30-24)31-13-11-21(12-14-31)34-15-19-7-9-20(33-3)10-8-19/h4-10,16,21H,11-15H2,1-3H3,(H,28,32)(H,26,27,29,30). The summed E-state index contributed by atoms with van der Waals surface area (Å²) in [5.74, 6) is 1.84. The van der Waals surface area contributed by atoms with E-state index in [0.717, 1.165) is 54.2 Å². The molecule has 1 saturated heterocycles. The fourth-order valence-corrected chi connectivity index (χ4v) is 3.88. The average molecular weight is 463 g/mol. The predicted molar refractivity (Wildman–Crippen MR) is 132 cm³/mol. The van der Waals surface area contributed by atoms with Gasteiger partial charge in [0, 0.05) is 31.4 Å². The molecule has 4 rings (SSSR count). The highest BCUT2D eigenvalue weighted by molar-refractivity contribution is 5.90. The second kappa shape index (κ2) is 10.9. The Morgan fingerprint density at radius 2 is 1.82 bits per heavy atom. The van der Waals surface area contributed by atoms with Crippen LogP contribution in [0.2, 0.25) is 0 Å². The van der Waals surface area contributed by atoms with Crippen LogP contribution in [-0.4, -0.2) is 47.2 Å². The van der Waals surface area contributed by atoms with Crippen molar-refractivity contribution in [1.29, 1.82) is 0 Å². The molecule has 2 aromatic carbocycles. The molecule has 0 radical (unpaired) electrons. The second-order valence-corrected chi connectivity index (χ2v) is 8.24. The topological polar surface area (TPSA) is 102 Å². The molecule has 1 aromatic heterocycles. The van der Waals surface area contributed by atoms with Gasteiger partial charge in [-0.1, -0.05) is 18.2 Å². The number of methoxy groups -OCH3 is 1. The third kappa shape index (κ3) is 5.99. The minimum atomic E-state index is -0.112. The number of hydrogen-bond donors (Lipinski definition) is 2. The van der Waals surface area contributed by atoms with Crippen LogP contribution < -0.4 is 20.3 Å². The molecule has 3 aromatic rings. The van der Waals surface area contributed by atoms with E-state index in [1.807, 2.05) is 49.4 Å². The zero-order chi connectivity index (χ0) is 23.9. The molecule has 2 N–H and O–H groups in total. The number of nitrogens with one attached hydrogen (secondary N) is 2. The predicted octanol–water partition coefficient (Wildman–Crippen LogP) is 4.08. The van der Waals surface area contributed by atoms with E-state index in [4.69, 9.17) is 9.47 Å². The summed E-state index contributed by atoms with van der Waals surface area (Å²) in [6.45, 7) is 5.64. The van der Waals surface area contributed by atoms with Crippen molar-refractivity contribution in [3.8, 4) is 5.75 Å². The van der Waals surface area contributed by atoms with Gasteiger partial charge < -0.3 is 25.0 Å². The van der Waals surface area contributed by atoms with Crippen molar-refractivity contribution in [1.82, 2.24) is 15.0 Å². The number of aromatic nitrogens is 3. The lowest BCUT2D eigenvalue weighted by molar-refractivity contribution is -0.114. The van der Waals surface area contributed by atoms with Gasteiger partial charge in [-0.2, -0.15) is 4.98 Å². The van der Waals surface area contributed by atoms with Crippen LogP contribution in [0.15, 0.2) is 48.8 Å². The van der Waals surface area contributed by atoms with E-state index in [-0.39, 0.29) is 12.0 Å². The van der Waals surface area contributed by atoms with Gasteiger partial charge in [-0.25, -0.2) is 9.97 Å². The fraction of sp³-hybridized carbons (Fsp3) is 0.360. The number of nitrogens with zero attached hydrogens (tertiary/aromatic N) is 4. The Morgan fingerprint density at radius 1 is 1.09 bits per heavy atom. The number of carbonyl (C=O) groups is 1. The number of benzene rings is 2. The molecule has 0 bridgehead atoms. The Morgan fingerprint density at radius 3 is 2.53 bits per heavy atom. The Kier molecular flexibility index (Phi) is 7.54. The number of ether oxygens (including phenoxy) is 2. The van der Waals surface area contributed by atoms with Crippen LogP contribution in [0.3, 0.4) is 0 Å². The number of amides is 1. The van der Waals surface area contributed by atoms with Gasteiger partial charge in [0.1, 0.15) is 12.1 Å². The fourth-order valence-electron chi connectivity index (χ4n) is 3.88. The quantitative estimate of drug-likeness (QED) is 0.516. The molecule has 0 saturated carbocycles. The first kappa shape index (κ1) is 23.4. The zero-order valence-electron chi connectivity index (χ0n) is 19.7. The number of carbonyl (C=O) groups excluding carboxylic acids is 1. The summed E-state index contributed by atoms with van der Waals surface area (Å²) in [6, 6.07) is 13.6. The molecular formula is C25H30N6O3. The Hall–Kier alpha value is -3.72. The summed E-state index contributed by atoms with van der Waals surface area (Å²) >= 11 is 0. The van der Waals surface area contributed by atoms with E-state index in [2.05, 4.69) is 30.5 Å². The Bertz CT molecular complexity index is 1110. The first-order valence-corrected chi connectivity index (χ1v) is 11.3. The SMILES string of the molecule is COc1ccc(COC2CCN(c3ncnc(Nc4cccc(NC(C)=O)c4C)n3)CC2)cc1. The van der Waals surface area contributed by atoms with Crippen LogP contribution in [0.5, 0.6) is 5.75 Å². The van der Waals surface area contributed by atoms with E-state index >= 15 is 0 Å². The van der Waals surface area contributed by atoms with Gasteiger partial charge in [0.25, 0.3) is 0 Å². The maximum atomic E-state index is 11.4. The monoisotopic (exact) mass is 462 g/mol. The van der Waals surface area contributed by atoms with E-state index in [9.17, 15) is 4.79 Å². The molecule has 178 valence electrons. The average Bonchev–Trinajstić information content (AvgIpc) is 2.86. The summed E-state index contributed by atoms with van der Waals surface area (Å²) in [4.78, 5) is 26.8. The van der Waals surface area contributed by atoms with Gasteiger partial charge in [-0.05, 0) is 55.2 Å². The molecule has 0 atom stereocenters. The van der Waals surface area contributed by atoms with Crippen LogP contribution >= 0.6 is 0 Å². The minimum absolute atomic E-state index is 0.112. The highest BCUT2D eigenvalue weighted by Crippen LogP contribution is 2.26. The number of hydrogen-bond acceptors (Lipinski definition) is 8. The van der Waals surface area contributed by atoms with E-state index < -0.39 is 0 Å². The maximum Gasteiger partial charge on any atom is 0.232 e. The van der Waals surface area contributed by atoms with E-state index in [1.165, 1.54) is 13.3 Å². The van der Waals surface area contributed by atoms with E-state index in [0.29, 0.717) is 18.5 Å². The second-order valence-electron chi connectivity index (χ2n) is 8.24. The van der Waals surface area contributed by atoms with Gasteiger partial charge in [0.15, 0.2) is 0 Å². The van der Waals surface area contributed by atoms with Crippen LogP contribution in [0.4, 0.5) is 23.3 Å². The molecule has 1 amide bonds. The van der Waals surface area contributed by atoms with Crippen molar-refractivity contribution < 1.29 is 14.3 Å². The van der Waals surface area contributed by atoms with Gasteiger partial charge in [0.2, 0.25) is 17.8 Å². The summed E-state index contributed by atoms with van der Waals surface area (Å²) in [7, 11) is 1.66. The van der Waals surface area contributed by atoms with Gasteiger partial charge >= 0.3 is 0 Å². The first-order chi connectivity index (χ1) is 16.5. The zero-order valence-corrected chi connectivity index (χ0v) is 19.7. The maximum absolute atomic E-state index is 11.4. The van der Waals surface area contributed by atoms with Crippen molar-refractivity contribution in [2.45, 2.75) is 39.4 Å². The number of rotatable bonds is 8. The first-order valence-electron chi connectivity index (χ1n) is 11.3. The lowest BCUT2D eigenvalue weighted by Crippen LogP contribution is -2.38. The van der Waals surface area contributed by atoms with Crippen LogP contribution in [0.1, 0.15) is 30.9 Å².